The van der Waals surface area contributed by atoms with Crippen LogP contribution in [0.25, 0.3) is 0 Å². The van der Waals surface area contributed by atoms with Crippen LogP contribution in [0, 0.1) is 12.5 Å². The molecule has 1 amide bonds. The lowest BCUT2D eigenvalue weighted by Crippen LogP contribution is -2.35. The largest absolute Gasteiger partial charge is 0.449 e. The van der Waals surface area contributed by atoms with E-state index in [0.717, 1.165) is 18.6 Å². The van der Waals surface area contributed by atoms with Crippen molar-refractivity contribution in [2.45, 2.75) is 57.4 Å². The molecule has 0 spiro atoms. The number of ether oxygens (including phenoxy) is 2. The van der Waals surface area contributed by atoms with Crippen molar-refractivity contribution in [1.29, 1.82) is 0 Å². The van der Waals surface area contributed by atoms with E-state index < -0.39 is 0 Å². The van der Waals surface area contributed by atoms with Gasteiger partial charge in [-0.15, -0.1) is 0 Å². The lowest BCUT2D eigenvalue weighted by atomic mass is 10.1. The molecule has 0 aromatic rings. The van der Waals surface area contributed by atoms with Crippen molar-refractivity contribution in [2.75, 3.05) is 18.3 Å². The molecule has 1 aliphatic carbocycles. The molecule has 0 radical (unpaired) electrons. The van der Waals surface area contributed by atoms with Crippen LogP contribution in [0.15, 0.2) is 0 Å². The van der Waals surface area contributed by atoms with Crippen molar-refractivity contribution in [3.05, 3.63) is 0 Å². The van der Waals surface area contributed by atoms with Crippen LogP contribution in [0.5, 0.6) is 0 Å². The minimum absolute atomic E-state index is 0.279. The molecule has 1 aliphatic rings. The molecule has 0 unspecified atom stereocenters. The van der Waals surface area contributed by atoms with Gasteiger partial charge in [0.15, 0.2) is 5.94 Å². The van der Waals surface area contributed by atoms with E-state index in [1.54, 1.807) is 10.8 Å². The van der Waals surface area contributed by atoms with Gasteiger partial charge in [-0.05, 0) is 12.8 Å². The Morgan fingerprint density at radius 3 is 2.48 bits per heavy atom. The Kier molecular flexibility index (Phi) is 11.4. The maximum Gasteiger partial charge on any atom is 0.407 e. The monoisotopic (exact) mass is 331 g/mol. The minimum Gasteiger partial charge on any atom is -0.449 e. The molecular formula is C15H25NO3S2. The average molecular weight is 332 g/mol. The van der Waals surface area contributed by atoms with Gasteiger partial charge in [-0.2, -0.15) is 0 Å². The molecule has 1 fully saturated rings. The first-order chi connectivity index (χ1) is 10.3. The fourth-order valence-corrected chi connectivity index (χ4v) is 3.66. The maximum absolute atomic E-state index is 11.7. The minimum atomic E-state index is -0.287. The van der Waals surface area contributed by atoms with E-state index >= 15 is 0 Å². The first-order valence-corrected chi connectivity index (χ1v) is 10.1. The summed E-state index contributed by atoms with van der Waals surface area (Å²) in [4.78, 5) is 11.7. The van der Waals surface area contributed by atoms with Gasteiger partial charge in [0.25, 0.3) is 0 Å². The summed E-state index contributed by atoms with van der Waals surface area (Å²) in [6.45, 7) is 0.409. The Bertz CT molecular complexity index is 311. The fraction of sp³-hybridized carbons (Fsp3) is 0.800. The second-order valence-corrected chi connectivity index (χ2v) is 7.53. The van der Waals surface area contributed by atoms with Crippen LogP contribution in [0.4, 0.5) is 4.79 Å². The molecule has 21 heavy (non-hydrogen) atoms. The molecule has 6 heteroatoms. The summed E-state index contributed by atoms with van der Waals surface area (Å²) in [6, 6.07) is 0.279. The SMILES string of the molecule is C#COCSSCCOC(=O)NC1CCCCCCCC1. The van der Waals surface area contributed by atoms with Crippen molar-refractivity contribution < 1.29 is 14.3 Å². The van der Waals surface area contributed by atoms with Crippen LogP contribution in [0.3, 0.4) is 0 Å². The van der Waals surface area contributed by atoms with Gasteiger partial charge >= 0.3 is 6.09 Å². The fourth-order valence-electron chi connectivity index (χ4n) is 2.30. The Balaban J connectivity index is 2.04. The molecule has 4 nitrogen and oxygen atoms in total. The highest BCUT2D eigenvalue weighted by Gasteiger charge is 2.13. The number of hydrogen-bond acceptors (Lipinski definition) is 5. The molecule has 1 rings (SSSR count). The van der Waals surface area contributed by atoms with Gasteiger partial charge in [0.1, 0.15) is 12.7 Å². The third-order valence-corrected chi connectivity index (χ3v) is 5.35. The van der Waals surface area contributed by atoms with Crippen molar-refractivity contribution in [3.8, 4) is 12.5 Å². The predicted molar refractivity (Wildman–Crippen MR) is 90.0 cm³/mol. The van der Waals surface area contributed by atoms with Crippen LogP contribution in [0.1, 0.15) is 51.4 Å². The van der Waals surface area contributed by atoms with Crippen LogP contribution in [-0.4, -0.2) is 30.4 Å². The second kappa shape index (κ2) is 13.0. The normalized spacial score (nSPS) is 16.9. The highest BCUT2D eigenvalue weighted by molar-refractivity contribution is 8.76. The zero-order chi connectivity index (χ0) is 15.2. The molecule has 0 saturated heterocycles. The van der Waals surface area contributed by atoms with Crippen molar-refractivity contribution in [1.82, 2.24) is 5.32 Å². The molecular weight excluding hydrogens is 306 g/mol. The molecule has 0 atom stereocenters. The van der Waals surface area contributed by atoms with E-state index in [1.807, 2.05) is 0 Å². The number of amides is 1. The van der Waals surface area contributed by atoms with E-state index in [4.69, 9.17) is 15.9 Å². The number of carbonyl (C=O) groups excluding carboxylic acids is 1. The zero-order valence-corrected chi connectivity index (χ0v) is 14.1. The number of rotatable bonds is 7. The van der Waals surface area contributed by atoms with Crippen LogP contribution in [-0.2, 0) is 9.47 Å². The summed E-state index contributed by atoms with van der Waals surface area (Å²) in [7, 11) is 3.09. The van der Waals surface area contributed by atoms with Crippen molar-refractivity contribution in [3.63, 3.8) is 0 Å². The molecule has 120 valence electrons. The smallest absolute Gasteiger partial charge is 0.407 e. The molecule has 0 aromatic heterocycles. The van der Waals surface area contributed by atoms with Gasteiger partial charge in [-0.1, -0.05) is 66.5 Å². The highest BCUT2D eigenvalue weighted by Crippen LogP contribution is 2.20. The van der Waals surface area contributed by atoms with Gasteiger partial charge in [0, 0.05) is 11.8 Å². The van der Waals surface area contributed by atoms with Crippen LogP contribution >= 0.6 is 21.6 Å². The summed E-state index contributed by atoms with van der Waals surface area (Å²) in [5.74, 6) is 1.19. The summed E-state index contributed by atoms with van der Waals surface area (Å²) in [5.41, 5.74) is 0. The zero-order valence-electron chi connectivity index (χ0n) is 12.5. The van der Waals surface area contributed by atoms with Crippen LogP contribution in [0.2, 0.25) is 0 Å². The second-order valence-electron chi connectivity index (χ2n) is 5.00. The lowest BCUT2D eigenvalue weighted by Gasteiger charge is -2.17. The summed E-state index contributed by atoms with van der Waals surface area (Å²) >= 11 is 0. The Morgan fingerprint density at radius 1 is 1.14 bits per heavy atom. The standard InChI is InChI=1S/C15H25NO3S2/c1-2-18-13-21-20-12-11-19-15(17)16-14-9-7-5-3-4-6-8-10-14/h1,14H,3-13H2,(H,16,17). The van der Waals surface area contributed by atoms with E-state index in [1.165, 1.54) is 49.3 Å². The van der Waals surface area contributed by atoms with Crippen molar-refractivity contribution >= 4 is 27.7 Å². The van der Waals surface area contributed by atoms with Gasteiger partial charge in [-0.3, -0.25) is 0 Å². The number of hydrogen-bond donors (Lipinski definition) is 1. The third-order valence-electron chi connectivity index (χ3n) is 3.35. The van der Waals surface area contributed by atoms with E-state index in [2.05, 4.69) is 11.4 Å². The first kappa shape index (κ1) is 18.4. The Morgan fingerprint density at radius 2 is 1.81 bits per heavy atom. The van der Waals surface area contributed by atoms with E-state index in [0.29, 0.717) is 12.5 Å². The van der Waals surface area contributed by atoms with Gasteiger partial charge in [0.2, 0.25) is 0 Å². The van der Waals surface area contributed by atoms with Gasteiger partial charge < -0.3 is 14.8 Å². The molecule has 0 bridgehead atoms. The molecule has 0 heterocycles. The van der Waals surface area contributed by atoms with Gasteiger partial charge in [-0.25, -0.2) is 4.79 Å². The van der Waals surface area contributed by atoms with Crippen molar-refractivity contribution in [2.24, 2.45) is 0 Å². The molecule has 0 aliphatic heterocycles. The molecule has 0 aromatic carbocycles. The Hall–Kier alpha value is -0.670. The Labute approximate surface area is 135 Å². The lowest BCUT2D eigenvalue weighted by molar-refractivity contribution is 0.147. The van der Waals surface area contributed by atoms with E-state index in [-0.39, 0.29) is 12.1 Å². The molecule has 1 N–H and O–H groups in total. The number of alkyl carbamates (subject to hydrolysis) is 1. The number of carbonyl (C=O) groups is 1. The number of terminal acetylenes is 1. The number of nitrogens with one attached hydrogen (secondary N) is 1. The highest BCUT2D eigenvalue weighted by atomic mass is 33.1. The first-order valence-electron chi connectivity index (χ1n) is 7.58. The van der Waals surface area contributed by atoms with Gasteiger partial charge in [0.05, 0.1) is 0 Å². The average Bonchev–Trinajstić information content (AvgIpc) is 2.60. The maximum atomic E-state index is 11.7. The summed E-state index contributed by atoms with van der Waals surface area (Å²) in [6.07, 6.45) is 16.5. The topological polar surface area (TPSA) is 47.6 Å². The summed E-state index contributed by atoms with van der Waals surface area (Å²) < 4.78 is 9.93. The van der Waals surface area contributed by atoms with Crippen LogP contribution < -0.4 is 5.32 Å². The quantitative estimate of drug-likeness (QED) is 0.328. The molecule has 1 saturated carbocycles. The predicted octanol–water partition coefficient (Wildman–Crippen LogP) is 4.16. The summed E-state index contributed by atoms with van der Waals surface area (Å²) in [5, 5.41) is 3.00. The van der Waals surface area contributed by atoms with E-state index in [9.17, 15) is 4.79 Å². The third kappa shape index (κ3) is 10.7.